The van der Waals surface area contributed by atoms with Gasteiger partial charge in [-0.25, -0.2) is 8.42 Å². The second-order valence-corrected chi connectivity index (χ2v) is 7.58. The first-order valence-electron chi connectivity index (χ1n) is 7.18. The van der Waals surface area contributed by atoms with Crippen LogP contribution in [0.1, 0.15) is 12.0 Å². The molecule has 3 rings (SSSR count). The lowest BCUT2D eigenvalue weighted by Crippen LogP contribution is -2.29. The molecule has 0 N–H and O–H groups in total. The van der Waals surface area contributed by atoms with Crippen molar-refractivity contribution in [3.05, 3.63) is 47.1 Å². The summed E-state index contributed by atoms with van der Waals surface area (Å²) < 4.78 is 68.3. The van der Waals surface area contributed by atoms with E-state index < -0.39 is 16.4 Å². The minimum absolute atomic E-state index is 0.0793. The maximum atomic E-state index is 12.2. The monoisotopic (exact) mass is 392 g/mol. The van der Waals surface area contributed by atoms with E-state index in [0.717, 1.165) is 12.1 Å². The lowest BCUT2D eigenvalue weighted by molar-refractivity contribution is -0.274. The summed E-state index contributed by atoms with van der Waals surface area (Å²) in [6.07, 6.45) is -1.29. The molecule has 0 atom stereocenters. The Hall–Kier alpha value is -2.00. The molecule has 0 saturated carbocycles. The standard InChI is InChI=1S/C15H12ClF3N2O3S/c16-11-8-13(10-2-4-12(5-3-10)24-15(17,18)19)14-20-25(22,23)7-1-6-21(14)9-11/h2-5,8-9H,1,6-7H2. The Labute approximate surface area is 147 Å². The van der Waals surface area contributed by atoms with Gasteiger partial charge in [0.15, 0.2) is 5.84 Å². The van der Waals surface area contributed by atoms with E-state index in [4.69, 9.17) is 11.6 Å². The number of allylic oxidation sites excluding steroid dienone is 2. The van der Waals surface area contributed by atoms with Crippen molar-refractivity contribution in [2.75, 3.05) is 12.3 Å². The van der Waals surface area contributed by atoms with Crippen LogP contribution in [0.4, 0.5) is 13.2 Å². The minimum atomic E-state index is -4.78. The van der Waals surface area contributed by atoms with Crippen LogP contribution in [0, 0.1) is 0 Å². The topological polar surface area (TPSA) is 59.0 Å². The van der Waals surface area contributed by atoms with E-state index >= 15 is 0 Å². The van der Waals surface area contributed by atoms with Gasteiger partial charge in [-0.15, -0.1) is 17.6 Å². The molecule has 0 fully saturated rings. The van der Waals surface area contributed by atoms with Crippen molar-refractivity contribution < 1.29 is 26.3 Å². The van der Waals surface area contributed by atoms with Gasteiger partial charge in [0.2, 0.25) is 0 Å². The summed E-state index contributed by atoms with van der Waals surface area (Å²) in [4.78, 5) is 1.63. The molecule has 0 bridgehead atoms. The summed E-state index contributed by atoms with van der Waals surface area (Å²) in [5, 5.41) is 0.365. The summed E-state index contributed by atoms with van der Waals surface area (Å²) in [5.74, 6) is -0.252. The van der Waals surface area contributed by atoms with Crippen molar-refractivity contribution in [3.63, 3.8) is 0 Å². The molecule has 10 heteroatoms. The van der Waals surface area contributed by atoms with Crippen LogP contribution in [-0.2, 0) is 10.0 Å². The Morgan fingerprint density at radius 1 is 1.20 bits per heavy atom. The van der Waals surface area contributed by atoms with Crippen LogP contribution < -0.4 is 4.74 Å². The molecular weight excluding hydrogens is 381 g/mol. The van der Waals surface area contributed by atoms with Gasteiger partial charge in [-0.3, -0.25) is 0 Å². The van der Waals surface area contributed by atoms with Gasteiger partial charge in [0.1, 0.15) is 5.75 Å². The van der Waals surface area contributed by atoms with Crippen molar-refractivity contribution in [2.45, 2.75) is 12.8 Å². The number of hydrogen-bond donors (Lipinski definition) is 0. The number of benzene rings is 1. The molecule has 2 heterocycles. The summed E-state index contributed by atoms with van der Waals surface area (Å²) in [6.45, 7) is 0.418. The molecule has 2 aliphatic rings. The van der Waals surface area contributed by atoms with E-state index in [1.807, 2.05) is 0 Å². The maximum absolute atomic E-state index is 12.2. The van der Waals surface area contributed by atoms with Crippen molar-refractivity contribution >= 4 is 33.0 Å². The van der Waals surface area contributed by atoms with Crippen LogP contribution in [-0.4, -0.2) is 37.8 Å². The minimum Gasteiger partial charge on any atom is -0.406 e. The van der Waals surface area contributed by atoms with Crippen molar-refractivity contribution in [3.8, 4) is 5.75 Å². The van der Waals surface area contributed by atoms with Crippen LogP contribution in [0.2, 0.25) is 0 Å². The van der Waals surface area contributed by atoms with E-state index in [1.54, 1.807) is 11.1 Å². The first kappa shape index (κ1) is 17.8. The zero-order valence-corrected chi connectivity index (χ0v) is 14.2. The molecule has 134 valence electrons. The highest BCUT2D eigenvalue weighted by Gasteiger charge is 2.31. The highest BCUT2D eigenvalue weighted by Crippen LogP contribution is 2.31. The Morgan fingerprint density at radius 3 is 2.52 bits per heavy atom. The Balaban J connectivity index is 1.99. The molecule has 0 aliphatic carbocycles. The molecule has 0 saturated heterocycles. The number of amidine groups is 1. The van der Waals surface area contributed by atoms with E-state index in [1.165, 1.54) is 18.2 Å². The molecular formula is C15H12ClF3N2O3S. The highest BCUT2D eigenvalue weighted by atomic mass is 35.5. The summed E-state index contributed by atoms with van der Waals surface area (Å²) >= 11 is 6.09. The van der Waals surface area contributed by atoms with Gasteiger partial charge in [0, 0.05) is 18.3 Å². The van der Waals surface area contributed by atoms with Crippen LogP contribution in [0.3, 0.4) is 0 Å². The Kier molecular flexibility index (Phi) is 4.54. The second-order valence-electron chi connectivity index (χ2n) is 5.39. The number of sulfonamides is 1. The maximum Gasteiger partial charge on any atom is 0.573 e. The van der Waals surface area contributed by atoms with Crippen molar-refractivity contribution in [1.29, 1.82) is 0 Å². The number of hydrogen-bond acceptors (Lipinski definition) is 4. The van der Waals surface area contributed by atoms with E-state index in [-0.39, 0.29) is 17.3 Å². The van der Waals surface area contributed by atoms with Crippen LogP contribution >= 0.6 is 11.6 Å². The normalized spacial score (nSPS) is 20.0. The molecule has 0 aromatic heterocycles. The van der Waals surface area contributed by atoms with Gasteiger partial charge >= 0.3 is 6.36 Å². The first-order valence-corrected chi connectivity index (χ1v) is 9.16. The number of nitrogens with zero attached hydrogens (tertiary/aromatic N) is 2. The average Bonchev–Trinajstić information content (AvgIpc) is 2.63. The van der Waals surface area contributed by atoms with E-state index in [0.29, 0.717) is 29.1 Å². The third-order valence-electron chi connectivity index (χ3n) is 3.50. The molecule has 5 nitrogen and oxygen atoms in total. The SMILES string of the molecule is O=S1(=O)CCCN2C=C(Cl)C=C(c3ccc(OC(F)(F)F)cc3)C2=N1. The number of ether oxygens (including phenoxy) is 1. The fraction of sp³-hybridized carbons (Fsp3) is 0.267. The molecule has 0 amide bonds. The molecule has 1 aromatic carbocycles. The smallest absolute Gasteiger partial charge is 0.406 e. The summed E-state index contributed by atoms with van der Waals surface area (Å²) in [7, 11) is -3.62. The van der Waals surface area contributed by atoms with Crippen LogP contribution in [0.5, 0.6) is 5.75 Å². The van der Waals surface area contributed by atoms with Gasteiger partial charge in [-0.2, -0.15) is 0 Å². The van der Waals surface area contributed by atoms with Crippen LogP contribution in [0.15, 0.2) is 46.0 Å². The summed E-state index contributed by atoms with van der Waals surface area (Å²) in [6, 6.07) is 5.07. The van der Waals surface area contributed by atoms with Gasteiger partial charge in [-0.1, -0.05) is 23.7 Å². The van der Waals surface area contributed by atoms with Crippen molar-refractivity contribution in [1.82, 2.24) is 4.90 Å². The summed E-state index contributed by atoms with van der Waals surface area (Å²) in [5.41, 5.74) is 0.887. The quantitative estimate of drug-likeness (QED) is 0.773. The molecule has 0 spiro atoms. The molecule has 0 unspecified atom stereocenters. The van der Waals surface area contributed by atoms with E-state index in [2.05, 4.69) is 9.13 Å². The zero-order valence-electron chi connectivity index (χ0n) is 12.6. The molecule has 25 heavy (non-hydrogen) atoms. The Bertz CT molecular complexity index is 874. The number of alkyl halides is 3. The zero-order chi connectivity index (χ0) is 18.2. The first-order chi connectivity index (χ1) is 11.6. The van der Waals surface area contributed by atoms with Crippen molar-refractivity contribution in [2.24, 2.45) is 4.40 Å². The number of halogens is 4. The largest absolute Gasteiger partial charge is 0.573 e. The third kappa shape index (κ3) is 4.35. The molecule has 1 aromatic rings. The predicted molar refractivity (Wildman–Crippen MR) is 87.6 cm³/mol. The Morgan fingerprint density at radius 2 is 1.88 bits per heavy atom. The molecule has 2 aliphatic heterocycles. The predicted octanol–water partition coefficient (Wildman–Crippen LogP) is 3.50. The second kappa shape index (κ2) is 6.38. The van der Waals surface area contributed by atoms with E-state index in [9.17, 15) is 21.6 Å². The average molecular weight is 393 g/mol. The van der Waals surface area contributed by atoms with Gasteiger partial charge in [0.25, 0.3) is 10.0 Å². The fourth-order valence-corrected chi connectivity index (χ4v) is 3.80. The number of rotatable bonds is 2. The lowest BCUT2D eigenvalue weighted by Gasteiger charge is -2.26. The fourth-order valence-electron chi connectivity index (χ4n) is 2.52. The van der Waals surface area contributed by atoms with Crippen LogP contribution in [0.25, 0.3) is 5.57 Å². The highest BCUT2D eigenvalue weighted by molar-refractivity contribution is 7.90. The van der Waals surface area contributed by atoms with Gasteiger partial charge < -0.3 is 9.64 Å². The van der Waals surface area contributed by atoms with Gasteiger partial charge in [0.05, 0.1) is 10.8 Å². The number of fused-ring (bicyclic) bond motifs is 1. The third-order valence-corrected chi connectivity index (χ3v) is 4.96. The lowest BCUT2D eigenvalue weighted by atomic mass is 10.0. The molecule has 0 radical (unpaired) electrons. The van der Waals surface area contributed by atoms with Gasteiger partial charge in [-0.05, 0) is 30.2 Å².